The van der Waals surface area contributed by atoms with E-state index in [1.807, 2.05) is 29.6 Å². The molecule has 4 aromatic rings. The van der Waals surface area contributed by atoms with Gasteiger partial charge in [-0.3, -0.25) is 4.40 Å². The van der Waals surface area contributed by atoms with Crippen molar-refractivity contribution in [3.05, 3.63) is 60.4 Å². The lowest BCUT2D eigenvalue weighted by atomic mass is 10.1. The first kappa shape index (κ1) is 12.8. The average Bonchev–Trinajstić information content (AvgIpc) is 3.02. The Morgan fingerprint density at radius 2 is 1.86 bits per heavy atom. The third kappa shape index (κ3) is 1.90. The number of hydrogen-bond donors (Lipinski definition) is 0. The van der Waals surface area contributed by atoms with Crippen molar-refractivity contribution in [2.75, 3.05) is 11.9 Å². The highest BCUT2D eigenvalue weighted by Gasteiger charge is 2.14. The molecule has 0 N–H and O–H groups in total. The van der Waals surface area contributed by atoms with Gasteiger partial charge in [0.1, 0.15) is 12.1 Å². The summed E-state index contributed by atoms with van der Waals surface area (Å²) in [5.74, 6) is 1.49. The summed E-state index contributed by atoms with van der Waals surface area (Å²) in [5.41, 5.74) is 3.34. The maximum Gasteiger partial charge on any atom is 0.257 e. The van der Waals surface area contributed by atoms with Crippen molar-refractivity contribution in [3.8, 4) is 0 Å². The molecule has 22 heavy (non-hydrogen) atoms. The van der Waals surface area contributed by atoms with Crippen LogP contribution in [-0.2, 0) is 0 Å². The summed E-state index contributed by atoms with van der Waals surface area (Å²) < 4.78 is 1.91. The van der Waals surface area contributed by atoms with E-state index >= 15 is 0 Å². The van der Waals surface area contributed by atoms with Crippen LogP contribution in [0, 0.1) is 6.92 Å². The molecule has 5 nitrogen and oxygen atoms in total. The smallest absolute Gasteiger partial charge is 0.257 e. The summed E-state index contributed by atoms with van der Waals surface area (Å²) in [6.07, 6.45) is 1.70. The molecule has 0 bridgehead atoms. The lowest BCUT2D eigenvalue weighted by Crippen LogP contribution is -2.12. The highest BCUT2D eigenvalue weighted by molar-refractivity contribution is 5.93. The molecular formula is C17H15N5. The highest BCUT2D eigenvalue weighted by Crippen LogP contribution is 2.30. The van der Waals surface area contributed by atoms with Crippen molar-refractivity contribution in [1.29, 1.82) is 0 Å². The van der Waals surface area contributed by atoms with Crippen molar-refractivity contribution in [1.82, 2.24) is 19.6 Å². The molecule has 0 aliphatic heterocycles. The van der Waals surface area contributed by atoms with Crippen LogP contribution in [0.15, 0.2) is 54.9 Å². The Morgan fingerprint density at radius 1 is 1.05 bits per heavy atom. The van der Waals surface area contributed by atoms with Crippen molar-refractivity contribution < 1.29 is 0 Å². The van der Waals surface area contributed by atoms with E-state index < -0.39 is 0 Å². The Labute approximate surface area is 127 Å². The molecule has 0 fully saturated rings. The fourth-order valence-electron chi connectivity index (χ4n) is 2.70. The number of benzene rings is 2. The van der Waals surface area contributed by atoms with Crippen molar-refractivity contribution >= 4 is 28.2 Å². The third-order valence-electron chi connectivity index (χ3n) is 3.85. The zero-order valence-electron chi connectivity index (χ0n) is 12.4. The second-order valence-electron chi connectivity index (χ2n) is 5.35. The van der Waals surface area contributed by atoms with E-state index in [4.69, 9.17) is 4.98 Å². The Bertz CT molecular complexity index is 959. The fraction of sp³-hybridized carbons (Fsp3) is 0.118. The van der Waals surface area contributed by atoms with Crippen LogP contribution in [0.2, 0.25) is 0 Å². The maximum absolute atomic E-state index is 4.70. The largest absolute Gasteiger partial charge is 0.329 e. The first-order chi connectivity index (χ1) is 10.7. The van der Waals surface area contributed by atoms with Crippen LogP contribution < -0.4 is 4.90 Å². The molecule has 108 valence electrons. The molecular weight excluding hydrogens is 274 g/mol. The fourth-order valence-corrected chi connectivity index (χ4v) is 2.70. The topological polar surface area (TPSA) is 46.3 Å². The summed E-state index contributed by atoms with van der Waals surface area (Å²) in [4.78, 5) is 6.78. The standard InChI is InChI=1S/C17H15N5/c1-12-8-9-15-14(10-12)16(19-17-20-18-11-22(15)17)21(2)13-6-4-3-5-7-13/h3-11H,1-2H3. The monoisotopic (exact) mass is 289 g/mol. The van der Waals surface area contributed by atoms with E-state index in [2.05, 4.69) is 52.4 Å². The molecule has 0 unspecified atom stereocenters. The van der Waals surface area contributed by atoms with E-state index in [1.165, 1.54) is 5.56 Å². The third-order valence-corrected chi connectivity index (χ3v) is 3.85. The number of hydrogen-bond acceptors (Lipinski definition) is 4. The average molecular weight is 289 g/mol. The van der Waals surface area contributed by atoms with Crippen LogP contribution in [0.25, 0.3) is 16.7 Å². The zero-order chi connectivity index (χ0) is 15.1. The van der Waals surface area contributed by atoms with E-state index in [9.17, 15) is 0 Å². The van der Waals surface area contributed by atoms with Crippen molar-refractivity contribution in [2.45, 2.75) is 6.92 Å². The number of fused-ring (bicyclic) bond motifs is 3. The molecule has 2 aromatic heterocycles. The Balaban J connectivity index is 2.04. The van der Waals surface area contributed by atoms with E-state index in [-0.39, 0.29) is 0 Å². The summed E-state index contributed by atoms with van der Waals surface area (Å²) in [6, 6.07) is 16.5. The van der Waals surface area contributed by atoms with Crippen molar-refractivity contribution in [3.63, 3.8) is 0 Å². The van der Waals surface area contributed by atoms with Crippen LogP contribution in [0.3, 0.4) is 0 Å². The Morgan fingerprint density at radius 3 is 2.68 bits per heavy atom. The Kier molecular flexibility index (Phi) is 2.79. The molecule has 0 aliphatic carbocycles. The van der Waals surface area contributed by atoms with Crippen LogP contribution in [-0.4, -0.2) is 26.6 Å². The summed E-state index contributed by atoms with van der Waals surface area (Å²) >= 11 is 0. The molecule has 0 saturated heterocycles. The molecule has 0 spiro atoms. The maximum atomic E-state index is 4.70. The van der Waals surface area contributed by atoms with Gasteiger partial charge in [0.15, 0.2) is 0 Å². The van der Waals surface area contributed by atoms with Gasteiger partial charge in [-0.05, 0) is 31.2 Å². The molecule has 5 heteroatoms. The van der Waals surface area contributed by atoms with Gasteiger partial charge < -0.3 is 4.90 Å². The quantitative estimate of drug-likeness (QED) is 0.567. The normalized spacial score (nSPS) is 11.2. The van der Waals surface area contributed by atoms with Crippen molar-refractivity contribution in [2.24, 2.45) is 0 Å². The van der Waals surface area contributed by atoms with E-state index in [1.54, 1.807) is 6.33 Å². The first-order valence-electron chi connectivity index (χ1n) is 7.13. The van der Waals surface area contributed by atoms with Gasteiger partial charge in [-0.25, -0.2) is 0 Å². The Hall–Kier alpha value is -2.95. The molecule has 0 radical (unpaired) electrons. The molecule has 0 amide bonds. The first-order valence-corrected chi connectivity index (χ1v) is 7.13. The molecule has 0 atom stereocenters. The lowest BCUT2D eigenvalue weighted by molar-refractivity contribution is 1.08. The number of para-hydroxylation sites is 1. The predicted octanol–water partition coefficient (Wildman–Crippen LogP) is 3.35. The number of aromatic nitrogens is 4. The van der Waals surface area contributed by atoms with Crippen LogP contribution in [0.5, 0.6) is 0 Å². The second-order valence-corrected chi connectivity index (χ2v) is 5.35. The summed E-state index contributed by atoms with van der Waals surface area (Å²) in [7, 11) is 2.02. The van der Waals surface area contributed by atoms with Gasteiger partial charge in [-0.1, -0.05) is 29.8 Å². The van der Waals surface area contributed by atoms with Crippen LogP contribution in [0.4, 0.5) is 11.5 Å². The van der Waals surface area contributed by atoms with Gasteiger partial charge >= 0.3 is 0 Å². The molecule has 2 aromatic carbocycles. The predicted molar refractivity (Wildman–Crippen MR) is 87.5 cm³/mol. The minimum absolute atomic E-state index is 0.606. The van der Waals surface area contributed by atoms with E-state index in [0.717, 1.165) is 22.4 Å². The summed E-state index contributed by atoms with van der Waals surface area (Å²) in [6.45, 7) is 2.09. The molecule has 2 heterocycles. The van der Waals surface area contributed by atoms with Gasteiger partial charge in [0.25, 0.3) is 5.78 Å². The summed E-state index contributed by atoms with van der Waals surface area (Å²) in [5, 5.41) is 9.16. The molecule has 4 rings (SSSR count). The van der Waals surface area contributed by atoms with Gasteiger partial charge in [-0.15, -0.1) is 10.2 Å². The van der Waals surface area contributed by atoms with Gasteiger partial charge in [-0.2, -0.15) is 4.98 Å². The lowest BCUT2D eigenvalue weighted by Gasteiger charge is -2.20. The number of rotatable bonds is 2. The SMILES string of the molecule is Cc1ccc2c(c1)c(N(C)c1ccccc1)nc1nncn12. The number of aryl methyl sites for hydroxylation is 1. The van der Waals surface area contributed by atoms with Crippen LogP contribution in [0.1, 0.15) is 5.56 Å². The number of anilines is 2. The highest BCUT2D eigenvalue weighted by atomic mass is 15.3. The number of nitrogens with zero attached hydrogens (tertiary/aromatic N) is 5. The van der Waals surface area contributed by atoms with Crippen LogP contribution >= 0.6 is 0 Å². The molecule has 0 aliphatic rings. The van der Waals surface area contributed by atoms with Gasteiger partial charge in [0.2, 0.25) is 0 Å². The molecule has 0 saturated carbocycles. The minimum Gasteiger partial charge on any atom is -0.329 e. The van der Waals surface area contributed by atoms with Gasteiger partial charge in [0.05, 0.1) is 5.52 Å². The van der Waals surface area contributed by atoms with E-state index in [0.29, 0.717) is 5.78 Å². The second kappa shape index (κ2) is 4.80. The van der Waals surface area contributed by atoms with Gasteiger partial charge in [0, 0.05) is 18.1 Å². The zero-order valence-corrected chi connectivity index (χ0v) is 12.4. The minimum atomic E-state index is 0.606.